The van der Waals surface area contributed by atoms with Crippen molar-refractivity contribution >= 4 is 34.3 Å². The van der Waals surface area contributed by atoms with Crippen molar-refractivity contribution in [2.45, 2.75) is 10.9 Å². The standard InChI is InChI=1S/C17H18N4O5S/c22-16(15-19-12-8-4-5-9-14(12)27(25,26)21-15)18-10-13(20-17(23)24)11-6-2-1-3-7-11/h1-9,13,20,25-26H,10H2,(H,18,22)(H,19,21)(H,23,24). The lowest BCUT2D eigenvalue weighted by molar-refractivity contribution is -0.115. The summed E-state index contributed by atoms with van der Waals surface area (Å²) in [5, 5.41) is 13.9. The van der Waals surface area contributed by atoms with E-state index >= 15 is 0 Å². The Morgan fingerprint density at radius 2 is 1.74 bits per heavy atom. The van der Waals surface area contributed by atoms with E-state index in [4.69, 9.17) is 5.11 Å². The fourth-order valence-corrected chi connectivity index (χ4v) is 3.78. The number of benzene rings is 2. The lowest BCUT2D eigenvalue weighted by Crippen LogP contribution is -2.45. The highest BCUT2D eigenvalue weighted by molar-refractivity contribution is 8.23. The van der Waals surface area contributed by atoms with Crippen molar-refractivity contribution in [1.82, 2.24) is 15.4 Å². The Kier molecular flexibility index (Phi) is 5.31. The molecule has 0 fully saturated rings. The van der Waals surface area contributed by atoms with Crippen molar-refractivity contribution in [1.29, 1.82) is 0 Å². The van der Waals surface area contributed by atoms with Crippen LogP contribution in [0.3, 0.4) is 0 Å². The predicted molar refractivity (Wildman–Crippen MR) is 101 cm³/mol. The van der Waals surface area contributed by atoms with E-state index in [1.54, 1.807) is 48.5 Å². The summed E-state index contributed by atoms with van der Waals surface area (Å²) < 4.78 is 22.7. The summed E-state index contributed by atoms with van der Waals surface area (Å²) >= 11 is 0. The first-order valence-corrected chi connectivity index (χ1v) is 9.48. The second kappa shape index (κ2) is 7.66. The SMILES string of the molecule is O=C(O)NC(CNC(=O)C1=Nc2ccccc2S(O)(O)N1)c1ccccc1. The van der Waals surface area contributed by atoms with Gasteiger partial charge in [0.1, 0.15) is 4.90 Å². The van der Waals surface area contributed by atoms with Gasteiger partial charge in [-0.1, -0.05) is 53.2 Å². The molecule has 0 saturated carbocycles. The quantitative estimate of drug-likeness (QED) is 0.463. The monoisotopic (exact) mass is 390 g/mol. The Hall–Kier alpha value is -3.08. The molecule has 10 heteroatoms. The van der Waals surface area contributed by atoms with E-state index in [-0.39, 0.29) is 23.0 Å². The van der Waals surface area contributed by atoms with Crippen LogP contribution in [-0.2, 0) is 4.79 Å². The molecule has 2 amide bonds. The Labute approximate surface area is 156 Å². The van der Waals surface area contributed by atoms with Crippen molar-refractivity contribution in [3.63, 3.8) is 0 Å². The third-order valence-electron chi connectivity index (χ3n) is 3.82. The minimum Gasteiger partial charge on any atom is -0.465 e. The minimum absolute atomic E-state index is 0.0450. The van der Waals surface area contributed by atoms with Gasteiger partial charge in [0.25, 0.3) is 5.91 Å². The highest BCUT2D eigenvalue weighted by Crippen LogP contribution is 2.50. The Morgan fingerprint density at radius 3 is 2.44 bits per heavy atom. The van der Waals surface area contributed by atoms with Gasteiger partial charge in [-0.3, -0.25) is 18.6 Å². The number of para-hydroxylation sites is 1. The molecule has 2 aromatic rings. The van der Waals surface area contributed by atoms with Crippen LogP contribution in [0.25, 0.3) is 0 Å². The van der Waals surface area contributed by atoms with Crippen LogP contribution in [0.5, 0.6) is 0 Å². The molecular formula is C17H18N4O5S. The zero-order valence-electron chi connectivity index (χ0n) is 14.0. The fraction of sp³-hybridized carbons (Fsp3) is 0.118. The number of carbonyl (C=O) groups is 2. The molecule has 6 N–H and O–H groups in total. The van der Waals surface area contributed by atoms with Gasteiger partial charge >= 0.3 is 6.09 Å². The fourth-order valence-electron chi connectivity index (χ4n) is 2.59. The number of amides is 2. The number of rotatable bonds is 5. The van der Waals surface area contributed by atoms with Crippen LogP contribution in [-0.4, -0.2) is 38.6 Å². The first kappa shape index (κ1) is 18.7. The van der Waals surface area contributed by atoms with E-state index in [1.807, 2.05) is 0 Å². The van der Waals surface area contributed by atoms with Crippen LogP contribution >= 0.6 is 10.8 Å². The molecule has 1 heterocycles. The van der Waals surface area contributed by atoms with Gasteiger partial charge in [-0.2, -0.15) is 0 Å². The molecule has 1 aliphatic heterocycles. The molecule has 1 atom stereocenters. The number of nitrogens with one attached hydrogen (secondary N) is 3. The molecule has 0 aliphatic carbocycles. The van der Waals surface area contributed by atoms with Crippen LogP contribution in [0.2, 0.25) is 0 Å². The summed E-state index contributed by atoms with van der Waals surface area (Å²) in [6.07, 6.45) is -1.23. The third-order valence-corrected chi connectivity index (χ3v) is 5.26. The number of hydrogen-bond donors (Lipinski definition) is 6. The first-order valence-electron chi connectivity index (χ1n) is 7.93. The maximum atomic E-state index is 12.4. The zero-order valence-corrected chi connectivity index (χ0v) is 14.8. The van der Waals surface area contributed by atoms with Crippen LogP contribution in [0, 0.1) is 0 Å². The Morgan fingerprint density at radius 1 is 1.07 bits per heavy atom. The van der Waals surface area contributed by atoms with Crippen molar-refractivity contribution in [3.8, 4) is 0 Å². The molecule has 0 bridgehead atoms. The van der Waals surface area contributed by atoms with E-state index in [1.165, 1.54) is 6.07 Å². The van der Waals surface area contributed by atoms with E-state index in [0.717, 1.165) is 0 Å². The maximum absolute atomic E-state index is 12.4. The summed E-state index contributed by atoms with van der Waals surface area (Å²) in [6, 6.07) is 14.5. The summed E-state index contributed by atoms with van der Waals surface area (Å²) in [5.41, 5.74) is 0.957. The number of hydrogen-bond acceptors (Lipinski definition) is 6. The predicted octanol–water partition coefficient (Wildman–Crippen LogP) is 2.47. The van der Waals surface area contributed by atoms with Gasteiger partial charge in [0, 0.05) is 6.54 Å². The van der Waals surface area contributed by atoms with E-state index < -0.39 is 28.8 Å². The normalized spacial score (nSPS) is 16.7. The van der Waals surface area contributed by atoms with Gasteiger partial charge in [-0.25, -0.2) is 9.79 Å². The number of nitrogens with zero attached hydrogens (tertiary/aromatic N) is 1. The second-order valence-electron chi connectivity index (χ2n) is 5.70. The summed E-state index contributed by atoms with van der Waals surface area (Å²) in [6.45, 7) is -0.0450. The molecular weight excluding hydrogens is 372 g/mol. The molecule has 142 valence electrons. The highest BCUT2D eigenvalue weighted by Gasteiger charge is 2.29. The van der Waals surface area contributed by atoms with Crippen molar-refractivity contribution in [2.24, 2.45) is 4.99 Å². The molecule has 1 unspecified atom stereocenters. The van der Waals surface area contributed by atoms with E-state index in [2.05, 4.69) is 20.3 Å². The summed E-state index contributed by atoms with van der Waals surface area (Å²) in [4.78, 5) is 27.8. The Balaban J connectivity index is 1.75. The van der Waals surface area contributed by atoms with Crippen molar-refractivity contribution in [3.05, 3.63) is 60.2 Å². The number of carboxylic acid groups (broad SMARTS) is 1. The van der Waals surface area contributed by atoms with Gasteiger partial charge < -0.3 is 15.7 Å². The average molecular weight is 390 g/mol. The number of aliphatic imine (C=N–C) groups is 1. The first-order chi connectivity index (χ1) is 12.9. The van der Waals surface area contributed by atoms with Crippen LogP contribution < -0.4 is 15.4 Å². The molecule has 0 radical (unpaired) electrons. The van der Waals surface area contributed by atoms with Crippen LogP contribution in [0.1, 0.15) is 11.6 Å². The molecule has 9 nitrogen and oxygen atoms in total. The summed E-state index contributed by atoms with van der Waals surface area (Å²) in [5.74, 6) is -0.937. The van der Waals surface area contributed by atoms with Crippen molar-refractivity contribution < 1.29 is 23.8 Å². The van der Waals surface area contributed by atoms with Gasteiger partial charge in [0.15, 0.2) is 0 Å². The lowest BCUT2D eigenvalue weighted by Gasteiger charge is -2.37. The van der Waals surface area contributed by atoms with Crippen LogP contribution in [0.4, 0.5) is 10.5 Å². The molecule has 0 saturated heterocycles. The minimum atomic E-state index is -3.40. The molecule has 0 aromatic heterocycles. The van der Waals surface area contributed by atoms with E-state index in [9.17, 15) is 18.7 Å². The maximum Gasteiger partial charge on any atom is 0.405 e. The van der Waals surface area contributed by atoms with Gasteiger partial charge in [0.05, 0.1) is 11.7 Å². The largest absolute Gasteiger partial charge is 0.465 e. The van der Waals surface area contributed by atoms with E-state index in [0.29, 0.717) is 5.56 Å². The zero-order chi connectivity index (χ0) is 19.4. The lowest BCUT2D eigenvalue weighted by atomic mass is 10.1. The van der Waals surface area contributed by atoms with Gasteiger partial charge in [-0.05, 0) is 17.7 Å². The molecule has 27 heavy (non-hydrogen) atoms. The number of fused-ring (bicyclic) bond motifs is 1. The van der Waals surface area contributed by atoms with Crippen LogP contribution in [0.15, 0.2) is 64.5 Å². The third kappa shape index (κ3) is 4.37. The highest BCUT2D eigenvalue weighted by atomic mass is 32.3. The summed E-state index contributed by atoms with van der Waals surface area (Å²) in [7, 11) is -3.40. The molecule has 2 aromatic carbocycles. The topological polar surface area (TPSA) is 143 Å². The average Bonchev–Trinajstić information content (AvgIpc) is 2.64. The Bertz CT molecular complexity index is 888. The van der Waals surface area contributed by atoms with Gasteiger partial charge in [0.2, 0.25) is 5.84 Å². The van der Waals surface area contributed by atoms with Gasteiger partial charge in [-0.15, -0.1) is 0 Å². The number of amidine groups is 1. The second-order valence-corrected chi connectivity index (χ2v) is 7.44. The molecule has 0 spiro atoms. The molecule has 3 rings (SSSR count). The smallest absolute Gasteiger partial charge is 0.405 e. The van der Waals surface area contributed by atoms with Crippen molar-refractivity contribution in [2.75, 3.05) is 6.54 Å². The number of carbonyl (C=O) groups excluding carboxylic acids is 1. The molecule has 1 aliphatic rings.